The van der Waals surface area contributed by atoms with Crippen LogP contribution in [0.1, 0.15) is 16.9 Å². The maximum Gasteiger partial charge on any atom is 0.224 e. The molecule has 1 amide bonds. The molecule has 0 unspecified atom stereocenters. The second-order valence-corrected chi connectivity index (χ2v) is 5.47. The number of aromatic nitrogens is 3. The minimum Gasteiger partial charge on any atom is -0.341 e. The minimum absolute atomic E-state index is 0.0773. The number of thiophene rings is 1. The highest BCUT2D eigenvalue weighted by atomic mass is 32.1. The van der Waals surface area contributed by atoms with E-state index in [4.69, 9.17) is 5.73 Å². The molecule has 2 N–H and O–H groups in total. The summed E-state index contributed by atoms with van der Waals surface area (Å²) in [5, 5.41) is 9.52. The number of nitrogens with two attached hydrogens (primary N) is 1. The molecule has 0 spiro atoms. The smallest absolute Gasteiger partial charge is 0.224 e. The van der Waals surface area contributed by atoms with E-state index in [0.717, 1.165) is 10.4 Å². The van der Waals surface area contributed by atoms with Crippen LogP contribution in [0.3, 0.4) is 0 Å². The van der Waals surface area contributed by atoms with Crippen molar-refractivity contribution in [1.29, 1.82) is 0 Å². The number of carbonyl (C=O) groups excluding carboxylic acids is 1. The van der Waals surface area contributed by atoms with E-state index in [-0.39, 0.29) is 5.91 Å². The highest BCUT2D eigenvalue weighted by Gasteiger charge is 2.10. The van der Waals surface area contributed by atoms with Crippen molar-refractivity contribution in [3.8, 4) is 11.8 Å². The Bertz CT molecular complexity index is 638. The molecular formula is C14H17N5OS. The van der Waals surface area contributed by atoms with E-state index in [2.05, 4.69) is 22.2 Å². The van der Waals surface area contributed by atoms with Gasteiger partial charge in [-0.3, -0.25) is 9.48 Å². The van der Waals surface area contributed by atoms with Crippen LogP contribution in [0.15, 0.2) is 23.8 Å². The SMILES string of the molecule is CN(Cc1cc(C#CCN)cs1)C(=O)CCn1ccnn1. The number of hydrogen-bond acceptors (Lipinski definition) is 5. The third kappa shape index (κ3) is 4.70. The molecule has 0 radical (unpaired) electrons. The average molecular weight is 303 g/mol. The number of nitrogens with zero attached hydrogens (tertiary/aromatic N) is 4. The maximum atomic E-state index is 12.0. The van der Waals surface area contributed by atoms with Crippen molar-refractivity contribution in [2.24, 2.45) is 5.73 Å². The lowest BCUT2D eigenvalue weighted by Crippen LogP contribution is -2.26. The average Bonchev–Trinajstić information content (AvgIpc) is 3.14. The fourth-order valence-electron chi connectivity index (χ4n) is 1.76. The topological polar surface area (TPSA) is 77.0 Å². The highest BCUT2D eigenvalue weighted by molar-refractivity contribution is 7.10. The molecule has 0 atom stereocenters. The minimum atomic E-state index is 0.0773. The summed E-state index contributed by atoms with van der Waals surface area (Å²) in [7, 11) is 1.80. The summed E-state index contributed by atoms with van der Waals surface area (Å²) in [6.07, 6.45) is 3.75. The van der Waals surface area contributed by atoms with Crippen LogP contribution in [0, 0.1) is 11.8 Å². The first kappa shape index (κ1) is 15.2. The zero-order valence-corrected chi connectivity index (χ0v) is 12.6. The Morgan fingerprint density at radius 2 is 2.43 bits per heavy atom. The van der Waals surface area contributed by atoms with Crippen LogP contribution < -0.4 is 5.73 Å². The number of rotatable bonds is 5. The molecule has 7 heteroatoms. The lowest BCUT2D eigenvalue weighted by Gasteiger charge is -2.15. The predicted octanol–water partition coefficient (Wildman–Crippen LogP) is 0.699. The van der Waals surface area contributed by atoms with Crippen LogP contribution in [0.25, 0.3) is 0 Å². The van der Waals surface area contributed by atoms with Crippen LogP contribution in [-0.2, 0) is 17.9 Å². The Labute approximate surface area is 127 Å². The monoisotopic (exact) mass is 303 g/mol. The van der Waals surface area contributed by atoms with Gasteiger partial charge in [0.15, 0.2) is 0 Å². The van der Waals surface area contributed by atoms with E-state index in [9.17, 15) is 4.79 Å². The fraction of sp³-hybridized carbons (Fsp3) is 0.357. The summed E-state index contributed by atoms with van der Waals surface area (Å²) in [5.41, 5.74) is 6.29. The van der Waals surface area contributed by atoms with Crippen molar-refractivity contribution in [3.63, 3.8) is 0 Å². The van der Waals surface area contributed by atoms with Crippen molar-refractivity contribution in [2.45, 2.75) is 19.5 Å². The molecule has 2 aromatic rings. The maximum absolute atomic E-state index is 12.0. The molecule has 21 heavy (non-hydrogen) atoms. The van der Waals surface area contributed by atoms with Crippen LogP contribution in [0.2, 0.25) is 0 Å². The van der Waals surface area contributed by atoms with Gasteiger partial charge in [0.1, 0.15) is 0 Å². The molecule has 0 aliphatic heterocycles. The first-order valence-electron chi connectivity index (χ1n) is 6.53. The van der Waals surface area contributed by atoms with Crippen LogP contribution in [-0.4, -0.2) is 39.4 Å². The van der Waals surface area contributed by atoms with Gasteiger partial charge >= 0.3 is 0 Å². The van der Waals surface area contributed by atoms with E-state index >= 15 is 0 Å². The first-order chi connectivity index (χ1) is 10.2. The standard InChI is InChI=1S/C14H17N5OS/c1-18(14(20)4-7-19-8-6-16-17-19)10-13-9-12(11-21-13)3-2-5-15/h6,8-9,11H,4-5,7,10,15H2,1H3. The summed E-state index contributed by atoms with van der Waals surface area (Å²) in [6, 6.07) is 1.99. The predicted molar refractivity (Wildman–Crippen MR) is 81.4 cm³/mol. The van der Waals surface area contributed by atoms with Gasteiger partial charge in [0.05, 0.1) is 25.8 Å². The van der Waals surface area contributed by atoms with E-state index < -0.39 is 0 Å². The molecule has 2 heterocycles. The summed E-state index contributed by atoms with van der Waals surface area (Å²) >= 11 is 1.60. The molecule has 2 aromatic heterocycles. The van der Waals surface area contributed by atoms with E-state index in [0.29, 0.717) is 26.1 Å². The van der Waals surface area contributed by atoms with Crippen molar-refractivity contribution in [3.05, 3.63) is 34.3 Å². The lowest BCUT2D eigenvalue weighted by atomic mass is 10.3. The van der Waals surface area contributed by atoms with E-state index in [1.165, 1.54) is 0 Å². The summed E-state index contributed by atoms with van der Waals surface area (Å²) in [5.74, 6) is 5.88. The Morgan fingerprint density at radius 3 is 3.14 bits per heavy atom. The number of amides is 1. The molecule has 0 bridgehead atoms. The summed E-state index contributed by atoms with van der Waals surface area (Å²) in [4.78, 5) is 14.9. The van der Waals surface area contributed by atoms with Crippen molar-refractivity contribution >= 4 is 17.2 Å². The number of hydrogen-bond donors (Lipinski definition) is 1. The van der Waals surface area contributed by atoms with Gasteiger partial charge in [0.25, 0.3) is 0 Å². The van der Waals surface area contributed by atoms with Gasteiger partial charge in [0.2, 0.25) is 5.91 Å². The van der Waals surface area contributed by atoms with Gasteiger partial charge in [-0.1, -0.05) is 17.1 Å². The molecule has 0 aliphatic carbocycles. The van der Waals surface area contributed by atoms with E-state index in [1.54, 1.807) is 40.4 Å². The van der Waals surface area contributed by atoms with Crippen molar-refractivity contribution in [2.75, 3.05) is 13.6 Å². The zero-order valence-electron chi connectivity index (χ0n) is 11.8. The van der Waals surface area contributed by atoms with Gasteiger partial charge in [-0.15, -0.1) is 16.4 Å². The molecule has 6 nitrogen and oxygen atoms in total. The van der Waals surface area contributed by atoms with Crippen molar-refractivity contribution in [1.82, 2.24) is 19.9 Å². The highest BCUT2D eigenvalue weighted by Crippen LogP contribution is 2.16. The van der Waals surface area contributed by atoms with Crippen LogP contribution in [0.5, 0.6) is 0 Å². The fourth-order valence-corrected chi connectivity index (χ4v) is 2.63. The van der Waals surface area contributed by atoms with Gasteiger partial charge in [0, 0.05) is 35.5 Å². The quantitative estimate of drug-likeness (QED) is 0.825. The largest absolute Gasteiger partial charge is 0.341 e. The van der Waals surface area contributed by atoms with Gasteiger partial charge in [-0.2, -0.15) is 0 Å². The number of carbonyl (C=O) groups is 1. The van der Waals surface area contributed by atoms with Crippen LogP contribution >= 0.6 is 11.3 Å². The molecule has 0 saturated carbocycles. The lowest BCUT2D eigenvalue weighted by molar-refractivity contribution is -0.130. The Kier molecular flexibility index (Phi) is 5.49. The number of aryl methyl sites for hydroxylation is 1. The Hall–Kier alpha value is -2.17. The van der Waals surface area contributed by atoms with Gasteiger partial charge in [-0.05, 0) is 6.07 Å². The normalized spacial score (nSPS) is 10.0. The Balaban J connectivity index is 1.84. The molecule has 0 saturated heterocycles. The zero-order chi connectivity index (χ0) is 15.1. The molecule has 0 fully saturated rings. The third-order valence-electron chi connectivity index (χ3n) is 2.83. The van der Waals surface area contributed by atoms with E-state index in [1.807, 2.05) is 11.4 Å². The Morgan fingerprint density at radius 1 is 1.57 bits per heavy atom. The molecule has 0 aliphatic rings. The second kappa shape index (κ2) is 7.57. The molecular weight excluding hydrogens is 286 g/mol. The van der Waals surface area contributed by atoms with Gasteiger partial charge in [-0.25, -0.2) is 0 Å². The molecule has 2 rings (SSSR count). The second-order valence-electron chi connectivity index (χ2n) is 4.47. The molecule has 0 aromatic carbocycles. The summed E-state index contributed by atoms with van der Waals surface area (Å²) in [6.45, 7) is 1.48. The molecule has 110 valence electrons. The van der Waals surface area contributed by atoms with Crippen LogP contribution in [0.4, 0.5) is 0 Å². The van der Waals surface area contributed by atoms with Crippen molar-refractivity contribution < 1.29 is 4.79 Å². The van der Waals surface area contributed by atoms with Gasteiger partial charge < -0.3 is 10.6 Å². The third-order valence-corrected chi connectivity index (χ3v) is 3.76. The first-order valence-corrected chi connectivity index (χ1v) is 7.41. The summed E-state index contributed by atoms with van der Waals surface area (Å²) < 4.78 is 1.65.